The molecule has 0 aromatic carbocycles. The minimum absolute atomic E-state index is 0.0475. The molecular weight excluding hydrogens is 351 g/mol. The van der Waals surface area contributed by atoms with Crippen LogP contribution >= 0.6 is 0 Å². The van der Waals surface area contributed by atoms with E-state index < -0.39 is 24.3 Å². The molecule has 1 amide bonds. The number of hydrogen-bond donors (Lipinski definition) is 2. The van der Waals surface area contributed by atoms with Crippen LogP contribution in [0, 0.1) is 5.82 Å². The zero-order valence-electron chi connectivity index (χ0n) is 14.5. The van der Waals surface area contributed by atoms with Crippen molar-refractivity contribution in [1.82, 2.24) is 15.6 Å². The summed E-state index contributed by atoms with van der Waals surface area (Å²) in [6, 6.07) is 0.904. The van der Waals surface area contributed by atoms with E-state index in [1.165, 1.54) is 7.11 Å². The number of carbonyl (C=O) groups is 1. The molecule has 1 aromatic heterocycles. The molecule has 144 valence electrons. The molecule has 2 N–H and O–H groups in total. The summed E-state index contributed by atoms with van der Waals surface area (Å²) >= 11 is 0. The van der Waals surface area contributed by atoms with Crippen LogP contribution in [0.5, 0.6) is 11.8 Å². The topological polar surface area (TPSA) is 72.5 Å². The average molecular weight is 373 g/mol. The Bertz CT molecular complexity index is 666. The van der Waals surface area contributed by atoms with Crippen molar-refractivity contribution >= 4 is 5.91 Å². The number of rotatable bonds is 6. The molecule has 0 radical (unpaired) electrons. The van der Waals surface area contributed by atoms with E-state index in [-0.39, 0.29) is 43.1 Å². The van der Waals surface area contributed by atoms with Crippen molar-refractivity contribution in [2.24, 2.45) is 0 Å². The molecule has 0 bridgehead atoms. The van der Waals surface area contributed by atoms with Crippen molar-refractivity contribution in [3.63, 3.8) is 0 Å². The van der Waals surface area contributed by atoms with Gasteiger partial charge in [0.2, 0.25) is 11.8 Å². The van der Waals surface area contributed by atoms with Gasteiger partial charge in [-0.2, -0.15) is 4.98 Å². The molecule has 1 unspecified atom stereocenters. The maximum Gasteiger partial charge on any atom is 0.254 e. The first-order valence-corrected chi connectivity index (χ1v) is 8.67. The number of ether oxygens (including phenoxy) is 2. The van der Waals surface area contributed by atoms with Gasteiger partial charge in [-0.3, -0.25) is 4.79 Å². The number of hydrogen-bond acceptors (Lipinski definition) is 5. The maximum absolute atomic E-state index is 14.3. The average Bonchev–Trinajstić information content (AvgIpc) is 3.24. The number of nitrogens with one attached hydrogen (secondary N) is 2. The van der Waals surface area contributed by atoms with Crippen LogP contribution in [0.3, 0.4) is 0 Å². The van der Waals surface area contributed by atoms with Gasteiger partial charge in [0.1, 0.15) is 6.10 Å². The van der Waals surface area contributed by atoms with E-state index in [1.54, 1.807) is 0 Å². The Hall–Kier alpha value is -2.03. The summed E-state index contributed by atoms with van der Waals surface area (Å²) in [7, 11) is 1.36. The zero-order chi connectivity index (χ0) is 18.7. The summed E-state index contributed by atoms with van der Waals surface area (Å²) in [5.41, 5.74) is 0.348. The van der Waals surface area contributed by atoms with E-state index in [9.17, 15) is 18.0 Å². The summed E-state index contributed by atoms with van der Waals surface area (Å²) in [5.74, 6) is -4.00. The van der Waals surface area contributed by atoms with Crippen LogP contribution in [0.2, 0.25) is 0 Å². The number of amides is 1. The second-order valence-corrected chi connectivity index (χ2v) is 6.65. The third kappa shape index (κ3) is 4.38. The lowest BCUT2D eigenvalue weighted by atomic mass is 10.2. The second-order valence-electron chi connectivity index (χ2n) is 6.65. The Morgan fingerprint density at radius 2 is 2.23 bits per heavy atom. The van der Waals surface area contributed by atoms with Crippen LogP contribution < -0.4 is 20.1 Å². The maximum atomic E-state index is 14.3. The van der Waals surface area contributed by atoms with Crippen LogP contribution in [-0.2, 0) is 11.3 Å². The highest BCUT2D eigenvalue weighted by Crippen LogP contribution is 2.37. The summed E-state index contributed by atoms with van der Waals surface area (Å²) in [6.45, 7) is 0.843. The van der Waals surface area contributed by atoms with Crippen molar-refractivity contribution in [3.05, 3.63) is 17.4 Å². The summed E-state index contributed by atoms with van der Waals surface area (Å²) < 4.78 is 51.2. The molecule has 2 aliphatic rings. The lowest BCUT2D eigenvalue weighted by Crippen LogP contribution is -2.40. The highest BCUT2D eigenvalue weighted by Gasteiger charge is 2.41. The molecule has 9 heteroatoms. The van der Waals surface area contributed by atoms with Gasteiger partial charge in [-0.25, -0.2) is 13.2 Å². The highest BCUT2D eigenvalue weighted by molar-refractivity contribution is 5.82. The Morgan fingerprint density at radius 1 is 1.42 bits per heavy atom. The van der Waals surface area contributed by atoms with E-state index >= 15 is 0 Å². The number of methoxy groups -OCH3 is 1. The number of halogens is 3. The van der Waals surface area contributed by atoms with E-state index in [1.807, 2.05) is 0 Å². The SMILES string of the molecule is COc1nc(OC2CCC(F)(F)C2)c(F)cc1CNC(=O)[C@@H]1CCCN1. The predicted octanol–water partition coefficient (Wildman–Crippen LogP) is 2.16. The Labute approximate surface area is 149 Å². The molecule has 3 rings (SSSR count). The number of carbonyl (C=O) groups excluding carboxylic acids is 1. The number of pyridine rings is 1. The number of aromatic nitrogens is 1. The van der Waals surface area contributed by atoms with E-state index in [0.29, 0.717) is 5.56 Å². The summed E-state index contributed by atoms with van der Waals surface area (Å²) in [5, 5.41) is 5.79. The molecule has 26 heavy (non-hydrogen) atoms. The molecule has 1 saturated heterocycles. The Morgan fingerprint density at radius 3 is 2.85 bits per heavy atom. The molecule has 1 aliphatic heterocycles. The minimum atomic E-state index is -2.79. The third-order valence-electron chi connectivity index (χ3n) is 4.64. The van der Waals surface area contributed by atoms with Crippen molar-refractivity contribution in [1.29, 1.82) is 0 Å². The highest BCUT2D eigenvalue weighted by atomic mass is 19.3. The first-order chi connectivity index (χ1) is 12.4. The first kappa shape index (κ1) is 18.8. The van der Waals surface area contributed by atoms with Crippen LogP contribution in [0.4, 0.5) is 13.2 Å². The van der Waals surface area contributed by atoms with Crippen molar-refractivity contribution in [2.75, 3.05) is 13.7 Å². The van der Waals surface area contributed by atoms with Gasteiger partial charge in [-0.1, -0.05) is 0 Å². The molecule has 2 heterocycles. The van der Waals surface area contributed by atoms with Gasteiger partial charge in [0.05, 0.1) is 13.2 Å². The van der Waals surface area contributed by atoms with Crippen molar-refractivity contribution in [3.8, 4) is 11.8 Å². The van der Waals surface area contributed by atoms with Gasteiger partial charge < -0.3 is 20.1 Å². The molecule has 0 spiro atoms. The summed E-state index contributed by atoms with van der Waals surface area (Å²) in [6.07, 6.45) is 0.315. The molecular formula is C17H22F3N3O3. The molecule has 2 fully saturated rings. The van der Waals surface area contributed by atoms with E-state index in [0.717, 1.165) is 25.5 Å². The third-order valence-corrected chi connectivity index (χ3v) is 4.64. The standard InChI is InChI=1S/C17H22F3N3O3/c1-25-15-10(9-22-14(24)13-3-2-6-21-13)7-12(18)16(23-15)26-11-4-5-17(19,20)8-11/h7,11,13,21H,2-6,8-9H2,1H3,(H,22,24)/t11?,13-/m0/s1. The number of nitrogens with zero attached hydrogens (tertiary/aromatic N) is 1. The minimum Gasteiger partial charge on any atom is -0.481 e. The fourth-order valence-electron chi connectivity index (χ4n) is 3.26. The molecule has 1 aromatic rings. The Balaban J connectivity index is 1.65. The normalized spacial score (nSPS) is 24.5. The lowest BCUT2D eigenvalue weighted by molar-refractivity contribution is -0.122. The smallest absolute Gasteiger partial charge is 0.254 e. The van der Waals surface area contributed by atoms with Gasteiger partial charge in [-0.15, -0.1) is 0 Å². The van der Waals surface area contributed by atoms with Crippen molar-refractivity contribution in [2.45, 2.75) is 56.7 Å². The van der Waals surface area contributed by atoms with Gasteiger partial charge >= 0.3 is 0 Å². The second kappa shape index (κ2) is 7.69. The van der Waals surface area contributed by atoms with Gasteiger partial charge in [0.25, 0.3) is 11.8 Å². The Kier molecular flexibility index (Phi) is 5.55. The molecule has 1 aliphatic carbocycles. The van der Waals surface area contributed by atoms with Crippen LogP contribution in [0.15, 0.2) is 6.07 Å². The van der Waals surface area contributed by atoms with Crippen LogP contribution in [0.25, 0.3) is 0 Å². The fraction of sp³-hybridized carbons (Fsp3) is 0.647. The van der Waals surface area contributed by atoms with Gasteiger partial charge in [-0.05, 0) is 31.9 Å². The monoisotopic (exact) mass is 373 g/mol. The quantitative estimate of drug-likeness (QED) is 0.800. The summed E-state index contributed by atoms with van der Waals surface area (Å²) in [4.78, 5) is 16.0. The molecule has 1 saturated carbocycles. The first-order valence-electron chi connectivity index (χ1n) is 8.67. The van der Waals surface area contributed by atoms with E-state index in [4.69, 9.17) is 9.47 Å². The predicted molar refractivity (Wildman–Crippen MR) is 86.8 cm³/mol. The lowest BCUT2D eigenvalue weighted by Gasteiger charge is -2.16. The van der Waals surface area contributed by atoms with Crippen LogP contribution in [-0.4, -0.2) is 42.6 Å². The molecule has 2 atom stereocenters. The fourth-order valence-corrected chi connectivity index (χ4v) is 3.26. The van der Waals surface area contributed by atoms with Gasteiger partial charge in [0.15, 0.2) is 5.82 Å². The largest absolute Gasteiger partial charge is 0.481 e. The number of alkyl halides is 2. The van der Waals surface area contributed by atoms with Crippen LogP contribution in [0.1, 0.15) is 37.7 Å². The zero-order valence-corrected chi connectivity index (χ0v) is 14.5. The van der Waals surface area contributed by atoms with Crippen molar-refractivity contribution < 1.29 is 27.4 Å². The van der Waals surface area contributed by atoms with Gasteiger partial charge in [0, 0.05) is 24.9 Å². The molecule has 6 nitrogen and oxygen atoms in total. The van der Waals surface area contributed by atoms with E-state index in [2.05, 4.69) is 15.6 Å².